The summed E-state index contributed by atoms with van der Waals surface area (Å²) in [7, 11) is -1.29. The van der Waals surface area contributed by atoms with Crippen molar-refractivity contribution in [3.8, 4) is 22.9 Å². The lowest BCUT2D eigenvalue weighted by molar-refractivity contribution is 0.219. The van der Waals surface area contributed by atoms with Gasteiger partial charge in [0.2, 0.25) is 0 Å². The summed E-state index contributed by atoms with van der Waals surface area (Å²) in [6.45, 7) is 15.6. The number of nitrogens with zero attached hydrogens (tertiary/aromatic N) is 2. The van der Waals surface area contributed by atoms with E-state index in [1.165, 1.54) is 11.1 Å². The molecule has 1 unspecified atom stereocenters. The van der Waals surface area contributed by atoms with Crippen LogP contribution in [0, 0.1) is 11.3 Å². The van der Waals surface area contributed by atoms with E-state index in [1.54, 1.807) is 0 Å². The maximum absolute atomic E-state index is 8.85. The van der Waals surface area contributed by atoms with Crippen molar-refractivity contribution in [2.45, 2.75) is 72.4 Å². The second-order valence-electron chi connectivity index (χ2n) is 8.99. The Labute approximate surface area is 183 Å². The van der Waals surface area contributed by atoms with Gasteiger partial charge in [0.05, 0.1) is 19.1 Å². The van der Waals surface area contributed by atoms with Crippen molar-refractivity contribution in [3.63, 3.8) is 0 Å². The molecule has 162 valence electrons. The van der Waals surface area contributed by atoms with Crippen LogP contribution >= 0.6 is 8.53 Å². The fraction of sp³-hybridized carbons (Fsp3) is 0.480. The first-order valence-electron chi connectivity index (χ1n) is 10.6. The largest absolute Gasteiger partial charge is 0.436 e. The van der Waals surface area contributed by atoms with E-state index in [1.807, 2.05) is 12.1 Å². The molecule has 0 amide bonds. The summed E-state index contributed by atoms with van der Waals surface area (Å²) in [5, 5.41) is 8.85. The van der Waals surface area contributed by atoms with E-state index < -0.39 is 8.53 Å². The first-order valence-corrected chi connectivity index (χ1v) is 11.7. The first kappa shape index (κ1) is 24.4. The van der Waals surface area contributed by atoms with Crippen molar-refractivity contribution in [3.05, 3.63) is 54.1 Å². The molecule has 0 N–H and O–H groups in total. The van der Waals surface area contributed by atoms with Crippen LogP contribution in [0.25, 0.3) is 11.1 Å². The number of benzene rings is 2. The zero-order valence-electron chi connectivity index (χ0n) is 19.3. The average molecular weight is 427 g/mol. The highest BCUT2D eigenvalue weighted by molar-refractivity contribution is 7.45. The highest BCUT2D eigenvalue weighted by Gasteiger charge is 2.28. The lowest BCUT2D eigenvalue weighted by atomic mass is 9.86. The van der Waals surface area contributed by atoms with Gasteiger partial charge in [0.1, 0.15) is 5.75 Å². The van der Waals surface area contributed by atoms with Crippen LogP contribution in [0.4, 0.5) is 0 Å². The van der Waals surface area contributed by atoms with Gasteiger partial charge in [-0.25, -0.2) is 4.67 Å². The van der Waals surface area contributed by atoms with Crippen LogP contribution in [0.1, 0.15) is 60.5 Å². The molecule has 30 heavy (non-hydrogen) atoms. The molecule has 0 aromatic heterocycles. The molecule has 4 nitrogen and oxygen atoms in total. The highest BCUT2D eigenvalue weighted by Crippen LogP contribution is 2.46. The summed E-state index contributed by atoms with van der Waals surface area (Å²) in [6.07, 6.45) is 0.357. The molecule has 0 heterocycles. The smallest absolute Gasteiger partial charge is 0.321 e. The molecule has 2 aromatic rings. The molecular formula is C25H35N2O2P. The van der Waals surface area contributed by atoms with Gasteiger partial charge in [-0.3, -0.25) is 0 Å². The topological polar surface area (TPSA) is 45.5 Å². The predicted octanol–water partition coefficient (Wildman–Crippen LogP) is 7.31. The van der Waals surface area contributed by atoms with Gasteiger partial charge in [0.25, 0.3) is 0 Å². The maximum atomic E-state index is 8.85. The lowest BCUT2D eigenvalue weighted by Gasteiger charge is -2.35. The fourth-order valence-corrected chi connectivity index (χ4v) is 4.83. The summed E-state index contributed by atoms with van der Waals surface area (Å²) >= 11 is 0. The number of nitriles is 1. The van der Waals surface area contributed by atoms with Crippen molar-refractivity contribution in [1.82, 2.24) is 4.67 Å². The summed E-state index contributed by atoms with van der Waals surface area (Å²) in [5.74, 6) is 0.777. The monoisotopic (exact) mass is 426 g/mol. The molecule has 0 spiro atoms. The van der Waals surface area contributed by atoms with E-state index in [0.717, 1.165) is 11.3 Å². The minimum Gasteiger partial charge on any atom is -0.436 e. The van der Waals surface area contributed by atoms with Crippen LogP contribution in [0.5, 0.6) is 5.75 Å². The normalized spacial score (nSPS) is 13.0. The van der Waals surface area contributed by atoms with Gasteiger partial charge in [-0.15, -0.1) is 0 Å². The van der Waals surface area contributed by atoms with E-state index in [0.29, 0.717) is 13.0 Å². The Morgan fingerprint density at radius 1 is 0.900 bits per heavy atom. The Kier molecular flexibility index (Phi) is 8.86. The van der Waals surface area contributed by atoms with Crippen LogP contribution in [0.15, 0.2) is 48.5 Å². The van der Waals surface area contributed by atoms with Crippen molar-refractivity contribution in [2.75, 3.05) is 6.61 Å². The molecule has 0 bridgehead atoms. The van der Waals surface area contributed by atoms with E-state index >= 15 is 0 Å². The molecule has 0 aliphatic rings. The molecule has 2 aromatic carbocycles. The maximum Gasteiger partial charge on any atom is 0.321 e. The Hall–Kier alpha value is -1.92. The van der Waals surface area contributed by atoms with Crippen molar-refractivity contribution < 1.29 is 9.05 Å². The Morgan fingerprint density at radius 2 is 1.40 bits per heavy atom. The molecular weight excluding hydrogens is 391 g/mol. The highest BCUT2D eigenvalue weighted by atomic mass is 31.2. The SMILES string of the molecule is CC(C)N(C(C)C)P(OCCC#N)Oc1ccc(-c2ccc(C(C)(C)C)cc2)cc1. The number of rotatable bonds is 9. The molecule has 2 rings (SSSR count). The van der Waals surface area contributed by atoms with E-state index in [9.17, 15) is 0 Å². The minimum absolute atomic E-state index is 0.150. The summed E-state index contributed by atoms with van der Waals surface area (Å²) in [6, 6.07) is 19.6. The van der Waals surface area contributed by atoms with Crippen LogP contribution in [0.2, 0.25) is 0 Å². The first-order chi connectivity index (χ1) is 14.1. The molecule has 1 atom stereocenters. The molecule has 0 aliphatic heterocycles. The third-order valence-electron chi connectivity index (χ3n) is 4.78. The van der Waals surface area contributed by atoms with Crippen LogP contribution < -0.4 is 4.52 Å². The van der Waals surface area contributed by atoms with E-state index in [4.69, 9.17) is 14.3 Å². The number of hydrogen-bond acceptors (Lipinski definition) is 4. The lowest BCUT2D eigenvalue weighted by Crippen LogP contribution is -2.34. The molecule has 5 heteroatoms. The predicted molar refractivity (Wildman–Crippen MR) is 126 cm³/mol. The van der Waals surface area contributed by atoms with E-state index in [-0.39, 0.29) is 17.5 Å². The molecule has 0 saturated carbocycles. The minimum atomic E-state index is -1.29. The summed E-state index contributed by atoms with van der Waals surface area (Å²) < 4.78 is 14.5. The summed E-state index contributed by atoms with van der Waals surface area (Å²) in [5.41, 5.74) is 3.82. The van der Waals surface area contributed by atoms with Gasteiger partial charge in [-0.2, -0.15) is 5.26 Å². The van der Waals surface area contributed by atoms with Gasteiger partial charge in [0, 0.05) is 12.1 Å². The molecule has 0 radical (unpaired) electrons. The Morgan fingerprint density at radius 3 is 1.83 bits per heavy atom. The van der Waals surface area contributed by atoms with Crippen LogP contribution in [-0.4, -0.2) is 23.4 Å². The van der Waals surface area contributed by atoms with Crippen molar-refractivity contribution >= 4 is 8.53 Å². The van der Waals surface area contributed by atoms with Crippen LogP contribution in [0.3, 0.4) is 0 Å². The zero-order chi connectivity index (χ0) is 22.3. The zero-order valence-corrected chi connectivity index (χ0v) is 20.2. The van der Waals surface area contributed by atoms with Crippen molar-refractivity contribution in [1.29, 1.82) is 5.26 Å². The molecule has 0 aliphatic carbocycles. The average Bonchev–Trinajstić information content (AvgIpc) is 2.67. The quantitative estimate of drug-likeness (QED) is 0.312. The Bertz CT molecular complexity index is 810. The van der Waals surface area contributed by atoms with Gasteiger partial charge >= 0.3 is 8.53 Å². The standard InChI is InChI=1S/C25H35N2O2P/c1-19(2)27(20(3)4)30(28-18-8-17-26)29-24-15-11-22(12-16-24)21-9-13-23(14-10-21)25(5,6)7/h9-16,19-20H,8,18H2,1-7H3. The number of hydrogen-bond donors (Lipinski definition) is 0. The van der Waals surface area contributed by atoms with E-state index in [2.05, 4.69) is 95.6 Å². The van der Waals surface area contributed by atoms with Crippen molar-refractivity contribution in [2.24, 2.45) is 0 Å². The Balaban J connectivity index is 2.17. The fourth-order valence-electron chi connectivity index (χ4n) is 3.24. The molecule has 0 saturated heterocycles. The van der Waals surface area contributed by atoms with Gasteiger partial charge in [-0.05, 0) is 61.9 Å². The second-order valence-corrected chi connectivity index (χ2v) is 10.4. The van der Waals surface area contributed by atoms with Gasteiger partial charge in [-0.1, -0.05) is 57.2 Å². The second kappa shape index (κ2) is 10.9. The summed E-state index contributed by atoms with van der Waals surface area (Å²) in [4.78, 5) is 0. The van der Waals surface area contributed by atoms with Gasteiger partial charge in [0.15, 0.2) is 0 Å². The van der Waals surface area contributed by atoms with Gasteiger partial charge < -0.3 is 9.05 Å². The third kappa shape index (κ3) is 6.81. The van der Waals surface area contributed by atoms with Crippen LogP contribution in [-0.2, 0) is 9.94 Å². The third-order valence-corrected chi connectivity index (χ3v) is 6.86. The molecule has 0 fully saturated rings.